The molecule has 136 valence electrons. The van der Waals surface area contributed by atoms with Crippen molar-refractivity contribution in [3.63, 3.8) is 0 Å². The molecule has 0 bridgehead atoms. The molecule has 0 spiro atoms. The molecule has 4 nitrogen and oxygen atoms in total. The van der Waals surface area contributed by atoms with E-state index in [1.54, 1.807) is 6.07 Å². The summed E-state index contributed by atoms with van der Waals surface area (Å²) in [4.78, 5) is 12.8. The Bertz CT molecular complexity index is 1100. The number of rotatable bonds is 5. The van der Waals surface area contributed by atoms with Crippen LogP contribution in [0.4, 0.5) is 0 Å². The van der Waals surface area contributed by atoms with Crippen LogP contribution in [0.3, 0.4) is 0 Å². The number of benzene rings is 2. The fourth-order valence-corrected chi connectivity index (χ4v) is 3.42. The molecular weight excluding hydrogens is 360 g/mol. The van der Waals surface area contributed by atoms with Crippen molar-refractivity contribution in [2.75, 3.05) is 0 Å². The van der Waals surface area contributed by atoms with Crippen LogP contribution < -0.4 is 5.32 Å². The fraction of sp³-hybridized carbons (Fsp3) is 0.136. The molecule has 27 heavy (non-hydrogen) atoms. The average molecular weight is 379 g/mol. The van der Waals surface area contributed by atoms with E-state index in [9.17, 15) is 4.79 Å². The first-order valence-electron chi connectivity index (χ1n) is 8.76. The number of fused-ring (bicyclic) bond motifs is 1. The highest BCUT2D eigenvalue weighted by molar-refractivity contribution is 6.30. The summed E-state index contributed by atoms with van der Waals surface area (Å²) in [6.45, 7) is 2.92. The van der Waals surface area contributed by atoms with E-state index in [0.717, 1.165) is 22.4 Å². The Hall–Kier alpha value is -2.98. The number of furan rings is 1. The van der Waals surface area contributed by atoms with Crippen molar-refractivity contribution in [2.45, 2.75) is 20.0 Å². The molecule has 0 atom stereocenters. The van der Waals surface area contributed by atoms with E-state index in [2.05, 4.69) is 5.32 Å². The molecule has 0 saturated heterocycles. The van der Waals surface area contributed by atoms with Crippen molar-refractivity contribution in [2.24, 2.45) is 0 Å². The zero-order chi connectivity index (χ0) is 18.8. The Morgan fingerprint density at radius 2 is 1.81 bits per heavy atom. The van der Waals surface area contributed by atoms with Gasteiger partial charge in [-0.25, -0.2) is 0 Å². The lowest BCUT2D eigenvalue weighted by Crippen LogP contribution is -2.25. The van der Waals surface area contributed by atoms with Crippen LogP contribution in [0.15, 0.2) is 71.1 Å². The third-order valence-electron chi connectivity index (χ3n) is 4.47. The van der Waals surface area contributed by atoms with Crippen molar-refractivity contribution in [1.82, 2.24) is 9.88 Å². The molecule has 0 saturated carbocycles. The van der Waals surface area contributed by atoms with Crippen LogP contribution in [0.1, 0.15) is 27.4 Å². The van der Waals surface area contributed by atoms with Crippen molar-refractivity contribution >= 4 is 28.6 Å². The quantitative estimate of drug-likeness (QED) is 0.520. The van der Waals surface area contributed by atoms with Gasteiger partial charge in [0.1, 0.15) is 11.5 Å². The van der Waals surface area contributed by atoms with Gasteiger partial charge in [0.05, 0.1) is 5.52 Å². The number of nitrogens with one attached hydrogen (secondary N) is 1. The van der Waals surface area contributed by atoms with Gasteiger partial charge in [0, 0.05) is 30.2 Å². The monoisotopic (exact) mass is 378 g/mol. The molecule has 2 aromatic carbocycles. The fourth-order valence-electron chi connectivity index (χ4n) is 3.21. The third-order valence-corrected chi connectivity index (χ3v) is 4.71. The van der Waals surface area contributed by atoms with Crippen LogP contribution in [0, 0.1) is 6.92 Å². The van der Waals surface area contributed by atoms with E-state index in [0.29, 0.717) is 29.4 Å². The van der Waals surface area contributed by atoms with Gasteiger partial charge >= 0.3 is 0 Å². The average Bonchev–Trinajstić information content (AvgIpc) is 3.18. The number of aryl methyl sites for hydroxylation is 1. The van der Waals surface area contributed by atoms with Gasteiger partial charge in [0.2, 0.25) is 0 Å². The second kappa shape index (κ2) is 7.33. The Morgan fingerprint density at radius 1 is 1.04 bits per heavy atom. The molecule has 2 heterocycles. The van der Waals surface area contributed by atoms with Gasteiger partial charge in [0.25, 0.3) is 5.91 Å². The van der Waals surface area contributed by atoms with Gasteiger partial charge in [-0.15, -0.1) is 0 Å². The van der Waals surface area contributed by atoms with E-state index in [1.807, 2.05) is 72.2 Å². The SMILES string of the molecule is Cc1cc2c(cc(C(=O)NCc3ccccc3)n2Cc2cccc(Cl)c2)o1. The minimum atomic E-state index is -0.134. The molecular formula is C22H19ClN2O2. The first kappa shape index (κ1) is 17.4. The van der Waals surface area contributed by atoms with Gasteiger partial charge < -0.3 is 14.3 Å². The van der Waals surface area contributed by atoms with Gasteiger partial charge in [-0.1, -0.05) is 54.1 Å². The second-order valence-corrected chi connectivity index (χ2v) is 6.96. The molecule has 0 aliphatic rings. The Labute approximate surface area is 162 Å². The highest BCUT2D eigenvalue weighted by Crippen LogP contribution is 2.25. The van der Waals surface area contributed by atoms with Crippen LogP contribution in [0.25, 0.3) is 11.1 Å². The molecule has 2 aromatic heterocycles. The van der Waals surface area contributed by atoms with Crippen molar-refractivity contribution in [3.8, 4) is 0 Å². The molecule has 0 aliphatic carbocycles. The smallest absolute Gasteiger partial charge is 0.268 e. The Kier molecular flexibility index (Phi) is 4.73. The van der Waals surface area contributed by atoms with Crippen LogP contribution in [0.5, 0.6) is 0 Å². The molecule has 4 aromatic rings. The summed E-state index contributed by atoms with van der Waals surface area (Å²) < 4.78 is 7.71. The summed E-state index contributed by atoms with van der Waals surface area (Å²) in [5.74, 6) is 0.682. The zero-order valence-corrected chi connectivity index (χ0v) is 15.7. The summed E-state index contributed by atoms with van der Waals surface area (Å²) in [7, 11) is 0. The van der Waals surface area contributed by atoms with Crippen molar-refractivity contribution < 1.29 is 9.21 Å². The lowest BCUT2D eigenvalue weighted by Gasteiger charge is -2.11. The van der Waals surface area contributed by atoms with E-state index in [-0.39, 0.29) is 5.91 Å². The Morgan fingerprint density at radius 3 is 2.59 bits per heavy atom. The number of nitrogens with zero attached hydrogens (tertiary/aromatic N) is 1. The van der Waals surface area contributed by atoms with E-state index in [4.69, 9.17) is 16.0 Å². The third kappa shape index (κ3) is 3.76. The molecule has 1 amide bonds. The molecule has 0 fully saturated rings. The largest absolute Gasteiger partial charge is 0.460 e. The number of halogens is 1. The number of aromatic nitrogens is 1. The maximum atomic E-state index is 12.8. The van der Waals surface area contributed by atoms with E-state index >= 15 is 0 Å². The summed E-state index contributed by atoms with van der Waals surface area (Å²) in [6.07, 6.45) is 0. The number of hydrogen-bond acceptors (Lipinski definition) is 2. The summed E-state index contributed by atoms with van der Waals surface area (Å²) in [5.41, 5.74) is 4.26. The number of hydrogen-bond donors (Lipinski definition) is 1. The first-order chi connectivity index (χ1) is 13.1. The van der Waals surface area contributed by atoms with E-state index < -0.39 is 0 Å². The molecule has 0 aliphatic heterocycles. The molecule has 5 heteroatoms. The minimum absolute atomic E-state index is 0.134. The number of carbonyl (C=O) groups excluding carboxylic acids is 1. The van der Waals surface area contributed by atoms with Gasteiger partial charge in [0.15, 0.2) is 5.58 Å². The normalized spacial score (nSPS) is 11.0. The highest BCUT2D eigenvalue weighted by Gasteiger charge is 2.18. The molecule has 1 N–H and O–H groups in total. The van der Waals surface area contributed by atoms with Crippen LogP contribution >= 0.6 is 11.6 Å². The van der Waals surface area contributed by atoms with Gasteiger partial charge in [-0.3, -0.25) is 4.79 Å². The highest BCUT2D eigenvalue weighted by atomic mass is 35.5. The molecule has 0 unspecified atom stereocenters. The predicted molar refractivity (Wildman–Crippen MR) is 107 cm³/mol. The topological polar surface area (TPSA) is 47.2 Å². The lowest BCUT2D eigenvalue weighted by atomic mass is 10.2. The molecule has 4 rings (SSSR count). The van der Waals surface area contributed by atoms with Crippen LogP contribution in [-0.4, -0.2) is 10.5 Å². The molecule has 0 radical (unpaired) electrons. The lowest BCUT2D eigenvalue weighted by molar-refractivity contribution is 0.0942. The minimum Gasteiger partial charge on any atom is -0.460 e. The van der Waals surface area contributed by atoms with Crippen LogP contribution in [-0.2, 0) is 13.1 Å². The standard InChI is InChI=1S/C22H19ClN2O2/c1-15-10-19-21(27-15)12-20(22(26)24-13-16-6-3-2-4-7-16)25(19)14-17-8-5-9-18(23)11-17/h2-12H,13-14H2,1H3,(H,24,26). The summed E-state index contributed by atoms with van der Waals surface area (Å²) >= 11 is 6.12. The van der Waals surface area contributed by atoms with Crippen molar-refractivity contribution in [1.29, 1.82) is 0 Å². The summed E-state index contributed by atoms with van der Waals surface area (Å²) in [5, 5.41) is 3.67. The van der Waals surface area contributed by atoms with Crippen molar-refractivity contribution in [3.05, 3.63) is 94.3 Å². The summed E-state index contributed by atoms with van der Waals surface area (Å²) in [6, 6.07) is 21.3. The number of amides is 1. The van der Waals surface area contributed by atoms with Gasteiger partial charge in [-0.05, 0) is 30.2 Å². The van der Waals surface area contributed by atoms with Crippen LogP contribution in [0.2, 0.25) is 5.02 Å². The first-order valence-corrected chi connectivity index (χ1v) is 9.14. The second-order valence-electron chi connectivity index (χ2n) is 6.52. The van der Waals surface area contributed by atoms with E-state index in [1.165, 1.54) is 0 Å². The zero-order valence-electron chi connectivity index (χ0n) is 14.9. The Balaban J connectivity index is 1.65. The van der Waals surface area contributed by atoms with Gasteiger partial charge in [-0.2, -0.15) is 0 Å². The maximum absolute atomic E-state index is 12.8. The number of carbonyl (C=O) groups is 1. The predicted octanol–water partition coefficient (Wildman–Crippen LogP) is 5.17. The maximum Gasteiger partial charge on any atom is 0.268 e.